The molecule has 0 radical (unpaired) electrons. The SMILES string of the molecule is CO[C@@H]1C=C2CC[C@@H]3[C@H](CC[C@@]4(C)[C@H]3CC[C@@]4(O)CSc3nccn3C)[C@@]2(C)CC1. The van der Waals surface area contributed by atoms with Crippen molar-refractivity contribution >= 4 is 11.8 Å². The van der Waals surface area contributed by atoms with E-state index < -0.39 is 5.60 Å². The van der Waals surface area contributed by atoms with Crippen molar-refractivity contribution in [3.05, 3.63) is 24.0 Å². The Hall–Kier alpha value is -0.780. The molecule has 1 heterocycles. The smallest absolute Gasteiger partial charge is 0.167 e. The number of aryl methyl sites for hydroxylation is 1. The van der Waals surface area contributed by atoms with Gasteiger partial charge in [-0.1, -0.05) is 37.3 Å². The number of aromatic nitrogens is 2. The van der Waals surface area contributed by atoms with Gasteiger partial charge in [-0.2, -0.15) is 0 Å². The summed E-state index contributed by atoms with van der Waals surface area (Å²) in [6, 6.07) is 0. The maximum Gasteiger partial charge on any atom is 0.167 e. The zero-order valence-electron chi connectivity index (χ0n) is 19.1. The number of hydrogen-bond donors (Lipinski definition) is 1. The van der Waals surface area contributed by atoms with Crippen LogP contribution < -0.4 is 0 Å². The van der Waals surface area contributed by atoms with E-state index in [0.29, 0.717) is 17.4 Å². The summed E-state index contributed by atoms with van der Waals surface area (Å²) in [6.45, 7) is 4.96. The summed E-state index contributed by atoms with van der Waals surface area (Å²) in [5.41, 5.74) is 1.48. The van der Waals surface area contributed by atoms with Crippen LogP contribution in [0.25, 0.3) is 0 Å². The van der Waals surface area contributed by atoms with Gasteiger partial charge in [-0.05, 0) is 74.5 Å². The molecule has 7 atom stereocenters. The van der Waals surface area contributed by atoms with Gasteiger partial charge in [0, 0.05) is 37.7 Å². The highest BCUT2D eigenvalue weighted by molar-refractivity contribution is 7.99. The number of fused-ring (bicyclic) bond motifs is 5. The van der Waals surface area contributed by atoms with Gasteiger partial charge in [-0.3, -0.25) is 0 Å². The Morgan fingerprint density at radius 2 is 1.97 bits per heavy atom. The lowest BCUT2D eigenvalue weighted by Gasteiger charge is -2.59. The molecule has 0 saturated heterocycles. The summed E-state index contributed by atoms with van der Waals surface area (Å²) in [6.07, 6.45) is 16.1. The Bertz CT molecular complexity index is 837. The Morgan fingerprint density at radius 3 is 2.70 bits per heavy atom. The van der Waals surface area contributed by atoms with Crippen molar-refractivity contribution < 1.29 is 9.84 Å². The normalized spacial score (nSPS) is 45.4. The van der Waals surface area contributed by atoms with E-state index in [9.17, 15) is 5.11 Å². The maximum atomic E-state index is 11.9. The average Bonchev–Trinajstić information content (AvgIpc) is 3.26. The molecule has 3 fully saturated rings. The molecule has 0 amide bonds. The number of imidazole rings is 1. The minimum atomic E-state index is -0.579. The van der Waals surface area contributed by atoms with E-state index in [2.05, 4.69) is 29.5 Å². The molecule has 4 aliphatic carbocycles. The number of ether oxygens (including phenoxy) is 1. The molecule has 5 heteroatoms. The quantitative estimate of drug-likeness (QED) is 0.525. The largest absolute Gasteiger partial charge is 0.388 e. The van der Waals surface area contributed by atoms with Crippen LogP contribution in [0.3, 0.4) is 0 Å². The van der Waals surface area contributed by atoms with Crippen LogP contribution in [-0.4, -0.2) is 39.2 Å². The first-order valence-electron chi connectivity index (χ1n) is 11.9. The second-order valence-corrected chi connectivity index (χ2v) is 11.9. The van der Waals surface area contributed by atoms with Crippen LogP contribution in [0.1, 0.15) is 65.2 Å². The summed E-state index contributed by atoms with van der Waals surface area (Å²) >= 11 is 1.73. The van der Waals surface area contributed by atoms with Gasteiger partial charge in [0.05, 0.1) is 11.7 Å². The number of allylic oxidation sites excluding steroid dienone is 1. The van der Waals surface area contributed by atoms with E-state index in [1.165, 1.54) is 32.1 Å². The van der Waals surface area contributed by atoms with Crippen LogP contribution in [0.2, 0.25) is 0 Å². The van der Waals surface area contributed by atoms with Crippen LogP contribution >= 0.6 is 11.8 Å². The van der Waals surface area contributed by atoms with Gasteiger partial charge >= 0.3 is 0 Å². The van der Waals surface area contributed by atoms with Gasteiger partial charge in [0.2, 0.25) is 0 Å². The van der Waals surface area contributed by atoms with Crippen LogP contribution in [0, 0.1) is 28.6 Å². The van der Waals surface area contributed by atoms with E-state index in [1.54, 1.807) is 17.3 Å². The topological polar surface area (TPSA) is 47.3 Å². The van der Waals surface area contributed by atoms with Crippen molar-refractivity contribution in [3.63, 3.8) is 0 Å². The molecule has 4 aliphatic rings. The Morgan fingerprint density at radius 1 is 1.17 bits per heavy atom. The fraction of sp³-hybridized carbons (Fsp3) is 0.800. The number of thioether (sulfide) groups is 1. The predicted octanol–water partition coefficient (Wildman–Crippen LogP) is 5.22. The zero-order chi connectivity index (χ0) is 21.1. The van der Waals surface area contributed by atoms with E-state index in [1.807, 2.05) is 26.6 Å². The minimum Gasteiger partial charge on any atom is -0.388 e. The fourth-order valence-electron chi connectivity index (χ4n) is 7.90. The number of hydrogen-bond acceptors (Lipinski definition) is 4. The molecule has 0 aromatic carbocycles. The molecule has 0 aliphatic heterocycles. The standard InChI is InChI=1S/C25H38N2O2S/c1-23-10-7-18(29-4)15-17(23)5-6-19-20(23)8-11-24(2)21(19)9-12-25(24,28)16-30-22-26-13-14-27(22)3/h13-15,18-21,28H,5-12,16H2,1-4H3/t18-,19+,20-,21-,23-,24-,25+/m0/s1. The van der Waals surface area contributed by atoms with Gasteiger partial charge in [0.25, 0.3) is 0 Å². The molecule has 1 N–H and O–H groups in total. The fourth-order valence-corrected chi connectivity index (χ4v) is 9.15. The molecule has 1 aromatic rings. The van der Waals surface area contributed by atoms with Crippen molar-refractivity contribution in [1.29, 1.82) is 0 Å². The summed E-state index contributed by atoms with van der Waals surface area (Å²) in [4.78, 5) is 4.47. The highest BCUT2D eigenvalue weighted by Gasteiger charge is 2.63. The highest BCUT2D eigenvalue weighted by atomic mass is 32.2. The minimum absolute atomic E-state index is 0.0354. The molecule has 0 unspecified atom stereocenters. The molecular formula is C25H38N2O2S. The van der Waals surface area contributed by atoms with Gasteiger partial charge in [-0.15, -0.1) is 0 Å². The molecular weight excluding hydrogens is 392 g/mol. The van der Waals surface area contributed by atoms with Crippen molar-refractivity contribution in [2.75, 3.05) is 12.9 Å². The molecule has 166 valence electrons. The van der Waals surface area contributed by atoms with Crippen LogP contribution in [0.4, 0.5) is 0 Å². The molecule has 30 heavy (non-hydrogen) atoms. The van der Waals surface area contributed by atoms with Gasteiger partial charge in [0.15, 0.2) is 5.16 Å². The summed E-state index contributed by atoms with van der Waals surface area (Å²) < 4.78 is 7.74. The van der Waals surface area contributed by atoms with Crippen molar-refractivity contribution in [2.24, 2.45) is 35.6 Å². The Balaban J connectivity index is 1.37. The number of nitrogens with zero attached hydrogens (tertiary/aromatic N) is 2. The van der Waals surface area contributed by atoms with Gasteiger partial charge < -0.3 is 14.4 Å². The van der Waals surface area contributed by atoms with E-state index in [0.717, 1.165) is 42.0 Å². The van der Waals surface area contributed by atoms with E-state index in [-0.39, 0.29) is 5.41 Å². The van der Waals surface area contributed by atoms with Crippen LogP contribution in [-0.2, 0) is 11.8 Å². The molecule has 5 rings (SSSR count). The monoisotopic (exact) mass is 430 g/mol. The zero-order valence-corrected chi connectivity index (χ0v) is 19.9. The molecule has 4 nitrogen and oxygen atoms in total. The molecule has 0 bridgehead atoms. The van der Waals surface area contributed by atoms with Crippen molar-refractivity contribution in [2.45, 2.75) is 82.1 Å². The molecule has 1 aromatic heterocycles. The molecule has 0 spiro atoms. The molecule has 3 saturated carbocycles. The average molecular weight is 431 g/mol. The first-order valence-corrected chi connectivity index (χ1v) is 12.9. The second-order valence-electron chi connectivity index (χ2n) is 11.0. The third-order valence-corrected chi connectivity index (χ3v) is 11.2. The van der Waals surface area contributed by atoms with Crippen LogP contribution in [0.15, 0.2) is 29.2 Å². The third-order valence-electron chi connectivity index (χ3n) is 9.91. The predicted molar refractivity (Wildman–Crippen MR) is 121 cm³/mol. The summed E-state index contributed by atoms with van der Waals surface area (Å²) in [7, 11) is 3.89. The lowest BCUT2D eigenvalue weighted by molar-refractivity contribution is -0.116. The van der Waals surface area contributed by atoms with Crippen molar-refractivity contribution in [1.82, 2.24) is 9.55 Å². The first kappa shape index (κ1) is 21.1. The second kappa shape index (κ2) is 7.38. The number of methoxy groups -OCH3 is 1. The highest BCUT2D eigenvalue weighted by Crippen LogP contribution is 2.68. The lowest BCUT2D eigenvalue weighted by atomic mass is 9.46. The van der Waals surface area contributed by atoms with Crippen LogP contribution in [0.5, 0.6) is 0 Å². The Labute approximate surface area is 185 Å². The van der Waals surface area contributed by atoms with Gasteiger partial charge in [0.1, 0.15) is 0 Å². The number of aliphatic hydroxyl groups is 1. The van der Waals surface area contributed by atoms with E-state index >= 15 is 0 Å². The first-order chi connectivity index (χ1) is 14.3. The van der Waals surface area contributed by atoms with Gasteiger partial charge in [-0.25, -0.2) is 4.98 Å². The van der Waals surface area contributed by atoms with Crippen molar-refractivity contribution in [3.8, 4) is 0 Å². The summed E-state index contributed by atoms with van der Waals surface area (Å²) in [5, 5.41) is 12.9. The Kier molecular flexibility index (Phi) is 5.19. The maximum absolute atomic E-state index is 11.9. The third kappa shape index (κ3) is 2.98. The summed E-state index contributed by atoms with van der Waals surface area (Å²) in [5.74, 6) is 2.96. The number of rotatable bonds is 4. The lowest BCUT2D eigenvalue weighted by Crippen LogP contribution is -2.55. The van der Waals surface area contributed by atoms with E-state index in [4.69, 9.17) is 4.74 Å².